The van der Waals surface area contributed by atoms with Gasteiger partial charge in [-0.1, -0.05) is 0 Å². The second-order valence-electron chi connectivity index (χ2n) is 2.38. The average molecular weight is 218 g/mol. The number of nitrogens with one attached hydrogen (secondary N) is 1. The van der Waals surface area contributed by atoms with E-state index in [-0.39, 0.29) is 0 Å². The van der Waals surface area contributed by atoms with E-state index in [9.17, 15) is 8.42 Å². The maximum absolute atomic E-state index is 10.6. The molecule has 6 heteroatoms. The smallest absolute Gasteiger partial charge is 0.271 e. The highest BCUT2D eigenvalue weighted by atomic mass is 32.2. The van der Waals surface area contributed by atoms with Crippen molar-refractivity contribution in [2.75, 3.05) is 11.0 Å². The van der Waals surface area contributed by atoms with Crippen LogP contribution in [-0.2, 0) is 10.2 Å². The molecule has 0 spiro atoms. The molecule has 0 aliphatic carbocycles. The molecular formula is C7H10N2O2S2. The van der Waals surface area contributed by atoms with E-state index in [2.05, 4.69) is 4.72 Å². The zero-order chi connectivity index (χ0) is 9.90. The van der Waals surface area contributed by atoms with E-state index in [1.165, 1.54) is 0 Å². The molecule has 0 aromatic heterocycles. The van der Waals surface area contributed by atoms with Crippen LogP contribution in [-0.4, -0.2) is 14.7 Å². The van der Waals surface area contributed by atoms with Crippen LogP contribution >= 0.6 is 11.8 Å². The third-order valence-electron chi connectivity index (χ3n) is 1.35. The fourth-order valence-electron chi connectivity index (χ4n) is 0.823. The van der Waals surface area contributed by atoms with Crippen molar-refractivity contribution in [3.05, 3.63) is 24.3 Å². The van der Waals surface area contributed by atoms with Crippen LogP contribution in [0.25, 0.3) is 0 Å². The van der Waals surface area contributed by atoms with Gasteiger partial charge in [-0.05, 0) is 30.5 Å². The summed E-state index contributed by atoms with van der Waals surface area (Å²) >= 11 is 1.59. The Morgan fingerprint density at radius 3 is 2.23 bits per heavy atom. The van der Waals surface area contributed by atoms with Gasteiger partial charge in [0.05, 0.1) is 0 Å². The second-order valence-corrected chi connectivity index (χ2v) is 4.55. The van der Waals surface area contributed by atoms with Crippen LogP contribution in [0.3, 0.4) is 0 Å². The summed E-state index contributed by atoms with van der Waals surface area (Å²) in [5, 5.41) is 4.79. The highest BCUT2D eigenvalue weighted by Crippen LogP contribution is 2.17. The molecule has 0 unspecified atom stereocenters. The SMILES string of the molecule is CSc1ccc(NS(N)(=O)=O)cc1. The van der Waals surface area contributed by atoms with E-state index >= 15 is 0 Å². The molecule has 1 aromatic carbocycles. The summed E-state index contributed by atoms with van der Waals surface area (Å²) in [6.45, 7) is 0. The maximum atomic E-state index is 10.6. The quantitative estimate of drug-likeness (QED) is 0.744. The van der Waals surface area contributed by atoms with Crippen molar-refractivity contribution >= 4 is 27.7 Å². The monoisotopic (exact) mass is 218 g/mol. The topological polar surface area (TPSA) is 72.2 Å². The van der Waals surface area contributed by atoms with Gasteiger partial charge >= 0.3 is 0 Å². The second kappa shape index (κ2) is 3.99. The molecule has 0 saturated carbocycles. The fraction of sp³-hybridized carbons (Fsp3) is 0.143. The Morgan fingerprint density at radius 1 is 1.31 bits per heavy atom. The number of rotatable bonds is 3. The number of hydrogen-bond donors (Lipinski definition) is 2. The molecule has 3 N–H and O–H groups in total. The average Bonchev–Trinajstić information content (AvgIpc) is 2.03. The summed E-state index contributed by atoms with van der Waals surface area (Å²) in [5.41, 5.74) is 0.473. The van der Waals surface area contributed by atoms with Crippen LogP contribution in [0.4, 0.5) is 5.69 Å². The third-order valence-corrected chi connectivity index (χ3v) is 2.61. The molecule has 0 bridgehead atoms. The van der Waals surface area contributed by atoms with E-state index in [4.69, 9.17) is 5.14 Å². The van der Waals surface area contributed by atoms with Crippen LogP contribution in [0.5, 0.6) is 0 Å². The molecule has 1 rings (SSSR count). The third kappa shape index (κ3) is 3.67. The number of hydrogen-bond acceptors (Lipinski definition) is 3. The molecule has 13 heavy (non-hydrogen) atoms. The Labute approximate surface area is 81.7 Å². The van der Waals surface area contributed by atoms with Crippen molar-refractivity contribution in [1.29, 1.82) is 0 Å². The summed E-state index contributed by atoms with van der Waals surface area (Å²) < 4.78 is 23.4. The Morgan fingerprint density at radius 2 is 1.85 bits per heavy atom. The minimum atomic E-state index is -3.65. The lowest BCUT2D eigenvalue weighted by atomic mass is 10.3. The van der Waals surface area contributed by atoms with Gasteiger partial charge in [0.2, 0.25) is 0 Å². The largest absolute Gasteiger partial charge is 0.296 e. The van der Waals surface area contributed by atoms with Crippen LogP contribution in [0.2, 0.25) is 0 Å². The molecule has 0 aliphatic rings. The first-order valence-electron chi connectivity index (χ1n) is 3.46. The number of nitrogens with two attached hydrogens (primary N) is 1. The number of anilines is 1. The Bertz CT molecular complexity index is 372. The van der Waals surface area contributed by atoms with Gasteiger partial charge in [0.1, 0.15) is 0 Å². The van der Waals surface area contributed by atoms with E-state index in [0.29, 0.717) is 5.69 Å². The van der Waals surface area contributed by atoms with Crippen LogP contribution in [0.15, 0.2) is 29.2 Å². The van der Waals surface area contributed by atoms with E-state index in [0.717, 1.165) is 4.90 Å². The van der Waals surface area contributed by atoms with Gasteiger partial charge in [-0.2, -0.15) is 8.42 Å². The minimum Gasteiger partial charge on any atom is -0.271 e. The Hall–Kier alpha value is -0.720. The number of benzene rings is 1. The molecule has 1 aromatic rings. The summed E-state index contributed by atoms with van der Waals surface area (Å²) in [6, 6.07) is 6.96. The normalized spacial score (nSPS) is 11.2. The van der Waals surface area contributed by atoms with Crippen molar-refractivity contribution < 1.29 is 8.42 Å². The summed E-state index contributed by atoms with van der Waals surface area (Å²) in [5.74, 6) is 0. The molecule has 0 fully saturated rings. The lowest BCUT2D eigenvalue weighted by molar-refractivity contribution is 0.603. The van der Waals surface area contributed by atoms with Crippen molar-refractivity contribution in [3.63, 3.8) is 0 Å². The van der Waals surface area contributed by atoms with Gasteiger partial charge in [-0.3, -0.25) is 4.72 Å². The van der Waals surface area contributed by atoms with Crippen molar-refractivity contribution in [3.8, 4) is 0 Å². The lowest BCUT2D eigenvalue weighted by Crippen LogP contribution is -2.21. The highest BCUT2D eigenvalue weighted by molar-refractivity contribution is 7.98. The van der Waals surface area contributed by atoms with Crippen LogP contribution < -0.4 is 9.86 Å². The van der Waals surface area contributed by atoms with Gasteiger partial charge < -0.3 is 0 Å². The molecule has 4 nitrogen and oxygen atoms in total. The van der Waals surface area contributed by atoms with E-state index < -0.39 is 10.2 Å². The zero-order valence-electron chi connectivity index (χ0n) is 7.02. The van der Waals surface area contributed by atoms with Crippen LogP contribution in [0.1, 0.15) is 0 Å². The molecular weight excluding hydrogens is 208 g/mol. The van der Waals surface area contributed by atoms with E-state index in [1.54, 1.807) is 23.9 Å². The molecule has 0 saturated heterocycles. The molecule has 0 aliphatic heterocycles. The first-order valence-corrected chi connectivity index (χ1v) is 6.23. The van der Waals surface area contributed by atoms with E-state index in [1.807, 2.05) is 18.4 Å². The van der Waals surface area contributed by atoms with Gasteiger partial charge in [-0.25, -0.2) is 5.14 Å². The first kappa shape index (κ1) is 10.4. The Kier molecular flexibility index (Phi) is 3.18. The minimum absolute atomic E-state index is 0.473. The summed E-state index contributed by atoms with van der Waals surface area (Å²) in [6.07, 6.45) is 1.95. The maximum Gasteiger partial charge on any atom is 0.296 e. The molecule has 0 amide bonds. The van der Waals surface area contributed by atoms with Crippen LogP contribution in [0, 0.1) is 0 Å². The zero-order valence-corrected chi connectivity index (χ0v) is 8.65. The molecule has 0 heterocycles. The van der Waals surface area contributed by atoms with Gasteiger partial charge in [0, 0.05) is 10.6 Å². The van der Waals surface area contributed by atoms with Gasteiger partial charge in [0.15, 0.2) is 0 Å². The first-order chi connectivity index (χ1) is 6.01. The summed E-state index contributed by atoms with van der Waals surface area (Å²) in [4.78, 5) is 1.07. The highest BCUT2D eigenvalue weighted by Gasteiger charge is 2.00. The van der Waals surface area contributed by atoms with Gasteiger partial charge in [0.25, 0.3) is 10.2 Å². The molecule has 72 valence electrons. The lowest BCUT2D eigenvalue weighted by Gasteiger charge is -2.03. The van der Waals surface area contributed by atoms with Gasteiger partial charge in [-0.15, -0.1) is 11.8 Å². The predicted molar refractivity (Wildman–Crippen MR) is 55.0 cm³/mol. The van der Waals surface area contributed by atoms with Crippen molar-refractivity contribution in [2.24, 2.45) is 5.14 Å². The molecule has 0 atom stereocenters. The van der Waals surface area contributed by atoms with Crippen molar-refractivity contribution in [2.45, 2.75) is 4.90 Å². The van der Waals surface area contributed by atoms with Crippen molar-refractivity contribution in [1.82, 2.24) is 0 Å². The fourth-order valence-corrected chi connectivity index (χ4v) is 1.70. The number of thioether (sulfide) groups is 1. The molecule has 0 radical (unpaired) electrons. The predicted octanol–water partition coefficient (Wildman–Crippen LogP) is 1.02. The Balaban J connectivity index is 2.81. The summed E-state index contributed by atoms with van der Waals surface area (Å²) in [7, 11) is -3.65. The standard InChI is InChI=1S/C7H10N2O2S2/c1-12-7-4-2-6(3-5-7)9-13(8,10)11/h2-5,9H,1H3,(H2,8,10,11).